The zero-order valence-corrected chi connectivity index (χ0v) is 7.59. The minimum Gasteiger partial charge on any atom is -0.461 e. The summed E-state index contributed by atoms with van der Waals surface area (Å²) >= 11 is 2.98. The van der Waals surface area contributed by atoms with E-state index in [1.54, 1.807) is 6.92 Å². The van der Waals surface area contributed by atoms with E-state index in [4.69, 9.17) is 10.6 Å². The molecule has 10 heavy (non-hydrogen) atoms. The Labute approximate surface area is 68.6 Å². The lowest BCUT2D eigenvalue weighted by Crippen LogP contribution is -2.30. The number of hydrogen-bond acceptors (Lipinski definition) is 4. The lowest BCUT2D eigenvalue weighted by molar-refractivity contribution is -0.145. The minimum absolute atomic E-state index is 0.179. The predicted octanol–water partition coefficient (Wildman–Crippen LogP) is 0.424. The van der Waals surface area contributed by atoms with Crippen molar-refractivity contribution in [2.24, 2.45) is 5.84 Å². The summed E-state index contributed by atoms with van der Waals surface area (Å²) in [5.74, 6) is 4.94. The summed E-state index contributed by atoms with van der Waals surface area (Å²) in [6.45, 7) is 3.60. The molecule has 5 heteroatoms. The van der Waals surface area contributed by atoms with Gasteiger partial charge in [0, 0.05) is 23.1 Å². The highest BCUT2D eigenvalue weighted by atomic mass is 79.9. The molecule has 0 rings (SSSR count). The summed E-state index contributed by atoms with van der Waals surface area (Å²) in [5.41, 5.74) is 0. The third kappa shape index (κ3) is 6.00. The lowest BCUT2D eigenvalue weighted by atomic mass is 10.4. The molecular weight excluding hydrogens is 200 g/mol. The highest BCUT2D eigenvalue weighted by molar-refractivity contribution is 9.07. The van der Waals surface area contributed by atoms with Crippen molar-refractivity contribution in [2.75, 3.05) is 6.54 Å². The number of hydrazine groups is 1. The van der Waals surface area contributed by atoms with E-state index in [-0.39, 0.29) is 12.1 Å². The van der Waals surface area contributed by atoms with E-state index >= 15 is 0 Å². The smallest absolute Gasteiger partial charge is 0.302 e. The summed E-state index contributed by atoms with van der Waals surface area (Å²) < 4.78 is 6.06. The Hall–Kier alpha value is -0.130. The topological polar surface area (TPSA) is 55.6 Å². The monoisotopic (exact) mass is 210 g/mol. The summed E-state index contributed by atoms with van der Waals surface area (Å²) in [4.78, 5) is 10.3. The fourth-order valence-corrected chi connectivity index (χ4v) is 0.974. The first-order chi connectivity index (χ1) is 4.52. The van der Waals surface area contributed by atoms with Crippen LogP contribution in [0.15, 0.2) is 0 Å². The molecule has 0 aliphatic heterocycles. The average Bonchev–Trinajstić information content (AvgIpc) is 1.58. The third-order valence-electron chi connectivity index (χ3n) is 0.799. The summed E-state index contributed by atoms with van der Waals surface area (Å²) in [6, 6.07) is 0. The number of esters is 1. The van der Waals surface area contributed by atoms with Gasteiger partial charge in [-0.3, -0.25) is 10.6 Å². The van der Waals surface area contributed by atoms with Crippen molar-refractivity contribution in [3.8, 4) is 0 Å². The van der Waals surface area contributed by atoms with Crippen molar-refractivity contribution in [2.45, 2.75) is 20.0 Å². The molecule has 0 aromatic rings. The molecule has 1 atom stereocenters. The molecule has 0 bridgehead atoms. The predicted molar refractivity (Wildman–Crippen MR) is 41.0 cm³/mol. The van der Waals surface area contributed by atoms with Crippen molar-refractivity contribution in [1.29, 1.82) is 0 Å². The molecule has 2 N–H and O–H groups in total. The van der Waals surface area contributed by atoms with E-state index in [2.05, 4.69) is 16.1 Å². The normalized spacial score (nSPS) is 13.3. The van der Waals surface area contributed by atoms with Crippen LogP contribution < -0.4 is 5.84 Å². The van der Waals surface area contributed by atoms with Gasteiger partial charge in [-0.15, -0.1) is 0 Å². The standard InChI is InChI=1S/C5H11BrN2O2/c1-4(3-8(6)7)10-5(2)9/h4H,3,7H2,1-2H3. The van der Waals surface area contributed by atoms with Gasteiger partial charge in [0.05, 0.1) is 6.54 Å². The van der Waals surface area contributed by atoms with Gasteiger partial charge in [-0.2, -0.15) is 4.03 Å². The van der Waals surface area contributed by atoms with Gasteiger partial charge in [0.25, 0.3) is 0 Å². The average molecular weight is 211 g/mol. The van der Waals surface area contributed by atoms with Gasteiger partial charge in [-0.25, -0.2) is 0 Å². The van der Waals surface area contributed by atoms with Crippen molar-refractivity contribution in [3.05, 3.63) is 0 Å². The van der Waals surface area contributed by atoms with E-state index in [1.807, 2.05) is 0 Å². The molecule has 1 unspecified atom stereocenters. The molecular formula is C5H11BrN2O2. The van der Waals surface area contributed by atoms with E-state index < -0.39 is 0 Å². The van der Waals surface area contributed by atoms with E-state index in [1.165, 1.54) is 11.0 Å². The van der Waals surface area contributed by atoms with Crippen LogP contribution in [0.5, 0.6) is 0 Å². The number of nitrogens with two attached hydrogens (primary N) is 1. The number of nitrogens with zero attached hydrogens (tertiary/aromatic N) is 1. The molecule has 0 aliphatic rings. The number of ether oxygens (including phenoxy) is 1. The van der Waals surface area contributed by atoms with Gasteiger partial charge in [-0.1, -0.05) is 0 Å². The maximum Gasteiger partial charge on any atom is 0.302 e. The molecule has 0 aromatic carbocycles. The van der Waals surface area contributed by atoms with E-state index in [9.17, 15) is 4.79 Å². The first kappa shape index (κ1) is 9.87. The second-order valence-electron chi connectivity index (χ2n) is 2.00. The van der Waals surface area contributed by atoms with Gasteiger partial charge in [0.2, 0.25) is 0 Å². The molecule has 0 heterocycles. The zero-order valence-electron chi connectivity index (χ0n) is 6.00. The fraction of sp³-hybridized carbons (Fsp3) is 0.800. The Morgan fingerprint density at radius 2 is 2.40 bits per heavy atom. The van der Waals surface area contributed by atoms with Crippen LogP contribution in [0.25, 0.3) is 0 Å². The highest BCUT2D eigenvalue weighted by Crippen LogP contribution is 1.96. The summed E-state index contributed by atoms with van der Waals surface area (Å²) in [5, 5.41) is 0. The van der Waals surface area contributed by atoms with Crippen molar-refractivity contribution in [1.82, 2.24) is 4.03 Å². The summed E-state index contributed by atoms with van der Waals surface area (Å²) in [7, 11) is 0. The maximum atomic E-state index is 10.3. The fourth-order valence-electron chi connectivity index (χ4n) is 0.566. The van der Waals surface area contributed by atoms with Gasteiger partial charge < -0.3 is 4.74 Å². The van der Waals surface area contributed by atoms with Crippen LogP contribution >= 0.6 is 16.1 Å². The zero-order chi connectivity index (χ0) is 8.15. The molecule has 0 aliphatic carbocycles. The largest absolute Gasteiger partial charge is 0.461 e. The van der Waals surface area contributed by atoms with E-state index in [0.717, 1.165) is 0 Å². The van der Waals surface area contributed by atoms with Crippen LogP contribution in [-0.4, -0.2) is 22.7 Å². The number of rotatable bonds is 3. The lowest BCUT2D eigenvalue weighted by Gasteiger charge is -2.14. The van der Waals surface area contributed by atoms with Crippen LogP contribution in [0.4, 0.5) is 0 Å². The Morgan fingerprint density at radius 1 is 1.90 bits per heavy atom. The van der Waals surface area contributed by atoms with Crippen LogP contribution in [0.3, 0.4) is 0 Å². The highest BCUT2D eigenvalue weighted by Gasteiger charge is 2.06. The van der Waals surface area contributed by atoms with Crippen LogP contribution in [0.1, 0.15) is 13.8 Å². The van der Waals surface area contributed by atoms with E-state index in [0.29, 0.717) is 6.54 Å². The Balaban J connectivity index is 3.43. The first-order valence-electron chi connectivity index (χ1n) is 2.87. The maximum absolute atomic E-state index is 10.3. The second kappa shape index (κ2) is 4.65. The third-order valence-corrected chi connectivity index (χ3v) is 1.09. The number of hydrogen-bond donors (Lipinski definition) is 1. The minimum atomic E-state index is -0.290. The van der Waals surface area contributed by atoms with Crippen LogP contribution in [-0.2, 0) is 9.53 Å². The van der Waals surface area contributed by atoms with Gasteiger partial charge in [-0.05, 0) is 6.92 Å². The molecule has 0 fully saturated rings. The quantitative estimate of drug-likeness (QED) is 0.318. The van der Waals surface area contributed by atoms with Gasteiger partial charge in [0.1, 0.15) is 6.10 Å². The number of carbonyl (C=O) groups excluding carboxylic acids is 1. The van der Waals surface area contributed by atoms with Crippen LogP contribution in [0.2, 0.25) is 0 Å². The molecule has 4 nitrogen and oxygen atoms in total. The number of halogens is 1. The Morgan fingerprint density at radius 3 is 2.70 bits per heavy atom. The Bertz CT molecular complexity index is 118. The molecule has 0 saturated heterocycles. The van der Waals surface area contributed by atoms with Crippen molar-refractivity contribution in [3.63, 3.8) is 0 Å². The van der Waals surface area contributed by atoms with Gasteiger partial charge in [0.15, 0.2) is 0 Å². The molecule has 0 aromatic heterocycles. The van der Waals surface area contributed by atoms with Crippen molar-refractivity contribution >= 4 is 22.1 Å². The molecule has 0 radical (unpaired) electrons. The molecule has 0 spiro atoms. The molecule has 0 saturated carbocycles. The summed E-state index contributed by atoms with van der Waals surface area (Å²) in [6.07, 6.45) is -0.179. The first-order valence-corrected chi connectivity index (χ1v) is 3.58. The van der Waals surface area contributed by atoms with Crippen molar-refractivity contribution < 1.29 is 9.53 Å². The molecule has 0 amide bonds. The SMILES string of the molecule is CC(=O)OC(C)CN(N)Br. The molecule has 60 valence electrons. The second-order valence-corrected chi connectivity index (χ2v) is 2.91. The number of carbonyl (C=O) groups is 1. The van der Waals surface area contributed by atoms with Crippen LogP contribution in [0, 0.1) is 0 Å². The Kier molecular flexibility index (Phi) is 4.59. The van der Waals surface area contributed by atoms with Gasteiger partial charge >= 0.3 is 5.97 Å².